The second-order valence-corrected chi connectivity index (χ2v) is 7.02. The standard InChI is InChI=1S/C21H27NO2/c1-6-24-19-13-9-16(10-14-19)15(2)22-20(23)17-7-11-18(12-8-17)21(3,4)5/h7-15H,6H2,1-5H3,(H,22,23). The average Bonchev–Trinajstić information content (AvgIpc) is 2.55. The van der Waals surface area contributed by atoms with Gasteiger partial charge in [-0.1, -0.05) is 45.0 Å². The largest absolute Gasteiger partial charge is 0.494 e. The number of benzene rings is 2. The molecule has 0 heterocycles. The van der Waals surface area contributed by atoms with Crippen LogP contribution in [-0.2, 0) is 5.41 Å². The molecule has 0 aliphatic carbocycles. The summed E-state index contributed by atoms with van der Waals surface area (Å²) in [6, 6.07) is 15.6. The summed E-state index contributed by atoms with van der Waals surface area (Å²) in [4.78, 5) is 12.4. The van der Waals surface area contributed by atoms with Gasteiger partial charge in [0.2, 0.25) is 0 Å². The molecule has 1 atom stereocenters. The normalized spacial score (nSPS) is 12.5. The fourth-order valence-electron chi connectivity index (χ4n) is 2.50. The van der Waals surface area contributed by atoms with Gasteiger partial charge >= 0.3 is 0 Å². The zero-order valence-electron chi connectivity index (χ0n) is 15.2. The molecular weight excluding hydrogens is 298 g/mol. The fourth-order valence-corrected chi connectivity index (χ4v) is 2.50. The van der Waals surface area contributed by atoms with Gasteiger partial charge in [0.05, 0.1) is 12.6 Å². The van der Waals surface area contributed by atoms with Gasteiger partial charge in [-0.25, -0.2) is 0 Å². The topological polar surface area (TPSA) is 38.3 Å². The molecule has 3 heteroatoms. The van der Waals surface area contributed by atoms with E-state index >= 15 is 0 Å². The van der Waals surface area contributed by atoms with Crippen LogP contribution in [0, 0.1) is 0 Å². The minimum absolute atomic E-state index is 0.0585. The van der Waals surface area contributed by atoms with E-state index in [9.17, 15) is 4.79 Å². The average molecular weight is 325 g/mol. The first-order chi connectivity index (χ1) is 11.3. The van der Waals surface area contributed by atoms with E-state index in [1.807, 2.05) is 62.4 Å². The molecule has 1 N–H and O–H groups in total. The zero-order valence-corrected chi connectivity index (χ0v) is 15.2. The Kier molecular flexibility index (Phi) is 5.66. The van der Waals surface area contributed by atoms with Crippen molar-refractivity contribution in [1.29, 1.82) is 0 Å². The molecule has 2 rings (SSSR count). The maximum absolute atomic E-state index is 12.4. The van der Waals surface area contributed by atoms with Gasteiger partial charge in [0.15, 0.2) is 0 Å². The van der Waals surface area contributed by atoms with E-state index in [4.69, 9.17) is 4.74 Å². The molecule has 0 aromatic heterocycles. The van der Waals surface area contributed by atoms with Crippen molar-refractivity contribution in [2.45, 2.75) is 46.1 Å². The van der Waals surface area contributed by atoms with Gasteiger partial charge < -0.3 is 10.1 Å². The first-order valence-corrected chi connectivity index (χ1v) is 8.45. The summed E-state index contributed by atoms with van der Waals surface area (Å²) in [5, 5.41) is 3.04. The molecular formula is C21H27NO2. The maximum atomic E-state index is 12.4. The number of rotatable bonds is 5. The Labute approximate surface area is 145 Å². The molecule has 3 nitrogen and oxygen atoms in total. The monoisotopic (exact) mass is 325 g/mol. The van der Waals surface area contributed by atoms with Crippen molar-refractivity contribution < 1.29 is 9.53 Å². The molecule has 0 bridgehead atoms. The molecule has 0 spiro atoms. The number of hydrogen-bond acceptors (Lipinski definition) is 2. The predicted octanol–water partition coefficient (Wildman–Crippen LogP) is 4.87. The van der Waals surface area contributed by atoms with Crippen LogP contribution in [0.4, 0.5) is 0 Å². The Morgan fingerprint density at radius 3 is 2.12 bits per heavy atom. The van der Waals surface area contributed by atoms with Gasteiger partial charge in [-0.05, 0) is 54.7 Å². The van der Waals surface area contributed by atoms with Crippen LogP contribution >= 0.6 is 0 Å². The Morgan fingerprint density at radius 2 is 1.62 bits per heavy atom. The SMILES string of the molecule is CCOc1ccc(C(C)NC(=O)c2ccc(C(C)(C)C)cc2)cc1. The van der Waals surface area contributed by atoms with E-state index in [1.165, 1.54) is 5.56 Å². The lowest BCUT2D eigenvalue weighted by molar-refractivity contribution is 0.0940. The minimum Gasteiger partial charge on any atom is -0.494 e. The molecule has 2 aromatic carbocycles. The van der Waals surface area contributed by atoms with E-state index in [1.54, 1.807) is 0 Å². The van der Waals surface area contributed by atoms with Gasteiger partial charge in [-0.2, -0.15) is 0 Å². The smallest absolute Gasteiger partial charge is 0.251 e. The number of carbonyl (C=O) groups excluding carboxylic acids is 1. The van der Waals surface area contributed by atoms with Crippen molar-refractivity contribution in [2.75, 3.05) is 6.61 Å². The number of hydrogen-bond donors (Lipinski definition) is 1. The van der Waals surface area contributed by atoms with Crippen LogP contribution in [0.3, 0.4) is 0 Å². The summed E-state index contributed by atoms with van der Waals surface area (Å²) >= 11 is 0. The van der Waals surface area contributed by atoms with E-state index < -0.39 is 0 Å². The summed E-state index contributed by atoms with van der Waals surface area (Å²) in [6.07, 6.45) is 0. The van der Waals surface area contributed by atoms with Crippen LogP contribution in [0.2, 0.25) is 0 Å². The Bertz CT molecular complexity index is 666. The van der Waals surface area contributed by atoms with E-state index in [-0.39, 0.29) is 17.4 Å². The first kappa shape index (κ1) is 18.1. The highest BCUT2D eigenvalue weighted by Gasteiger charge is 2.15. The van der Waals surface area contributed by atoms with E-state index in [0.29, 0.717) is 12.2 Å². The molecule has 0 aliphatic rings. The van der Waals surface area contributed by atoms with Crippen LogP contribution in [0.5, 0.6) is 5.75 Å². The third kappa shape index (κ3) is 4.60. The molecule has 2 aromatic rings. The van der Waals surface area contributed by atoms with E-state index in [0.717, 1.165) is 11.3 Å². The number of nitrogens with one attached hydrogen (secondary N) is 1. The summed E-state index contributed by atoms with van der Waals surface area (Å²) < 4.78 is 5.44. The van der Waals surface area contributed by atoms with Crippen LogP contribution in [0.25, 0.3) is 0 Å². The molecule has 24 heavy (non-hydrogen) atoms. The molecule has 0 saturated carbocycles. The Hall–Kier alpha value is -2.29. The lowest BCUT2D eigenvalue weighted by Gasteiger charge is -2.19. The summed E-state index contributed by atoms with van der Waals surface area (Å²) in [5.41, 5.74) is 3.04. The van der Waals surface area contributed by atoms with Crippen LogP contribution in [0.1, 0.15) is 62.1 Å². The maximum Gasteiger partial charge on any atom is 0.251 e. The Balaban J connectivity index is 2.03. The van der Waals surface area contributed by atoms with E-state index in [2.05, 4.69) is 26.1 Å². The third-order valence-corrected chi connectivity index (χ3v) is 4.05. The summed E-state index contributed by atoms with van der Waals surface area (Å²) in [7, 11) is 0. The molecule has 0 saturated heterocycles. The first-order valence-electron chi connectivity index (χ1n) is 8.45. The lowest BCUT2D eigenvalue weighted by atomic mass is 9.86. The second kappa shape index (κ2) is 7.52. The highest BCUT2D eigenvalue weighted by molar-refractivity contribution is 5.94. The van der Waals surface area contributed by atoms with Gasteiger partial charge in [0, 0.05) is 5.56 Å². The van der Waals surface area contributed by atoms with Crippen molar-refractivity contribution in [1.82, 2.24) is 5.32 Å². The van der Waals surface area contributed by atoms with Crippen molar-refractivity contribution in [3.05, 3.63) is 65.2 Å². The molecule has 128 valence electrons. The number of ether oxygens (including phenoxy) is 1. The molecule has 0 radical (unpaired) electrons. The second-order valence-electron chi connectivity index (χ2n) is 7.02. The third-order valence-electron chi connectivity index (χ3n) is 4.05. The minimum atomic E-state index is -0.0598. The lowest BCUT2D eigenvalue weighted by Crippen LogP contribution is -2.26. The summed E-state index contributed by atoms with van der Waals surface area (Å²) in [6.45, 7) is 11.1. The van der Waals surface area contributed by atoms with Gasteiger partial charge in [0.25, 0.3) is 5.91 Å². The summed E-state index contributed by atoms with van der Waals surface area (Å²) in [5.74, 6) is 0.786. The van der Waals surface area contributed by atoms with Crippen molar-refractivity contribution in [2.24, 2.45) is 0 Å². The highest BCUT2D eigenvalue weighted by Crippen LogP contribution is 2.22. The van der Waals surface area contributed by atoms with Gasteiger partial charge in [-0.15, -0.1) is 0 Å². The molecule has 1 unspecified atom stereocenters. The van der Waals surface area contributed by atoms with Crippen molar-refractivity contribution in [3.63, 3.8) is 0 Å². The van der Waals surface area contributed by atoms with Crippen LogP contribution < -0.4 is 10.1 Å². The molecule has 0 aliphatic heterocycles. The van der Waals surface area contributed by atoms with Gasteiger partial charge in [-0.3, -0.25) is 4.79 Å². The van der Waals surface area contributed by atoms with Crippen LogP contribution in [0.15, 0.2) is 48.5 Å². The predicted molar refractivity (Wildman–Crippen MR) is 98.6 cm³/mol. The molecule has 0 fully saturated rings. The fraction of sp³-hybridized carbons (Fsp3) is 0.381. The van der Waals surface area contributed by atoms with Gasteiger partial charge in [0.1, 0.15) is 5.75 Å². The van der Waals surface area contributed by atoms with Crippen LogP contribution in [-0.4, -0.2) is 12.5 Å². The number of amides is 1. The highest BCUT2D eigenvalue weighted by atomic mass is 16.5. The van der Waals surface area contributed by atoms with Crippen molar-refractivity contribution >= 4 is 5.91 Å². The van der Waals surface area contributed by atoms with Crippen molar-refractivity contribution in [3.8, 4) is 5.75 Å². The molecule has 1 amide bonds. The quantitative estimate of drug-likeness (QED) is 0.851. The number of carbonyl (C=O) groups is 1. The Morgan fingerprint density at radius 1 is 1.04 bits per heavy atom. The zero-order chi connectivity index (χ0) is 17.7.